The summed E-state index contributed by atoms with van der Waals surface area (Å²) in [6, 6.07) is 8.75. The molecule has 0 aliphatic rings. The highest BCUT2D eigenvalue weighted by Crippen LogP contribution is 2.30. The first kappa shape index (κ1) is 21.3. The maximum absolute atomic E-state index is 11.9. The van der Waals surface area contributed by atoms with Crippen LogP contribution in [0.5, 0.6) is 5.75 Å². The van der Waals surface area contributed by atoms with E-state index in [-0.39, 0.29) is 17.4 Å². The van der Waals surface area contributed by atoms with Gasteiger partial charge in [-0.2, -0.15) is 0 Å². The number of aromatic hydroxyl groups is 1. The molecule has 7 heteroatoms. The van der Waals surface area contributed by atoms with E-state index in [2.05, 4.69) is 0 Å². The van der Waals surface area contributed by atoms with E-state index in [4.69, 9.17) is 16.7 Å². The second-order valence-corrected chi connectivity index (χ2v) is 9.50. The molecule has 0 heterocycles. The fourth-order valence-corrected chi connectivity index (χ4v) is 4.53. The summed E-state index contributed by atoms with van der Waals surface area (Å²) in [4.78, 5) is 10.7. The lowest BCUT2D eigenvalue weighted by atomic mass is 9.94. The molecule has 0 aliphatic heterocycles. The van der Waals surface area contributed by atoms with E-state index < -0.39 is 21.6 Å². The summed E-state index contributed by atoms with van der Waals surface area (Å²) in [6.07, 6.45) is 0.548. The van der Waals surface area contributed by atoms with Crippen LogP contribution in [0.25, 0.3) is 0 Å². The first-order valence-electron chi connectivity index (χ1n) is 8.50. The van der Waals surface area contributed by atoms with E-state index in [1.165, 1.54) is 0 Å². The van der Waals surface area contributed by atoms with Crippen molar-refractivity contribution < 1.29 is 23.4 Å². The van der Waals surface area contributed by atoms with Crippen molar-refractivity contribution in [3.63, 3.8) is 0 Å². The summed E-state index contributed by atoms with van der Waals surface area (Å²) < 4.78 is 23.8. The van der Waals surface area contributed by atoms with Gasteiger partial charge in [0.2, 0.25) is 0 Å². The van der Waals surface area contributed by atoms with Crippen molar-refractivity contribution in [3.05, 3.63) is 63.2 Å². The number of carboxylic acids is 1. The summed E-state index contributed by atoms with van der Waals surface area (Å²) in [7, 11) is -3.75. The van der Waals surface area contributed by atoms with E-state index in [1.54, 1.807) is 18.2 Å². The highest BCUT2D eigenvalue weighted by Gasteiger charge is 2.18. The molecule has 0 aromatic heterocycles. The van der Waals surface area contributed by atoms with Crippen LogP contribution in [-0.4, -0.2) is 30.4 Å². The van der Waals surface area contributed by atoms with Gasteiger partial charge in [0, 0.05) is 5.02 Å². The van der Waals surface area contributed by atoms with E-state index in [0.717, 1.165) is 22.3 Å². The highest BCUT2D eigenvalue weighted by molar-refractivity contribution is 7.91. The van der Waals surface area contributed by atoms with Gasteiger partial charge in [-0.1, -0.05) is 43.6 Å². The largest absolute Gasteiger partial charge is 0.508 e. The first-order chi connectivity index (χ1) is 12.5. The van der Waals surface area contributed by atoms with Crippen LogP contribution in [0.1, 0.15) is 47.6 Å². The van der Waals surface area contributed by atoms with Gasteiger partial charge in [0.1, 0.15) is 11.5 Å². The molecule has 5 nitrogen and oxygen atoms in total. The number of sulfone groups is 1. The van der Waals surface area contributed by atoms with E-state index in [9.17, 15) is 18.3 Å². The lowest BCUT2D eigenvalue weighted by Crippen LogP contribution is -2.17. The number of phenolic OH excluding ortho intramolecular Hbond substituents is 1. The Bertz CT molecular complexity index is 941. The minimum atomic E-state index is -3.75. The summed E-state index contributed by atoms with van der Waals surface area (Å²) in [5, 5.41) is 19.1. The number of carbonyl (C=O) groups is 1. The summed E-state index contributed by atoms with van der Waals surface area (Å²) >= 11 is 6.39. The fraction of sp³-hybridized carbons (Fsp3) is 0.350. The van der Waals surface area contributed by atoms with Gasteiger partial charge < -0.3 is 10.2 Å². The van der Waals surface area contributed by atoms with Gasteiger partial charge in [-0.15, -0.1) is 0 Å². The average molecular weight is 411 g/mol. The third kappa shape index (κ3) is 5.71. The molecular formula is C20H23ClO5S. The molecule has 27 heavy (non-hydrogen) atoms. The lowest BCUT2D eigenvalue weighted by Gasteiger charge is -2.14. The van der Waals surface area contributed by atoms with E-state index in [1.807, 2.05) is 32.9 Å². The van der Waals surface area contributed by atoms with Crippen LogP contribution in [0, 0.1) is 6.92 Å². The molecule has 0 unspecified atom stereocenters. The van der Waals surface area contributed by atoms with Crippen LogP contribution >= 0.6 is 11.6 Å². The molecule has 2 N–H and O–H groups in total. The van der Waals surface area contributed by atoms with Gasteiger partial charge in [-0.05, 0) is 59.2 Å². The van der Waals surface area contributed by atoms with Gasteiger partial charge in [-0.25, -0.2) is 8.42 Å². The average Bonchev–Trinajstić information content (AvgIpc) is 2.50. The molecular weight excluding hydrogens is 388 g/mol. The number of benzene rings is 2. The smallest absolute Gasteiger partial charge is 0.318 e. The molecule has 0 bridgehead atoms. The van der Waals surface area contributed by atoms with Gasteiger partial charge in [0.15, 0.2) is 9.84 Å². The number of rotatable bonds is 7. The van der Waals surface area contributed by atoms with Crippen LogP contribution in [0.2, 0.25) is 5.02 Å². The van der Waals surface area contributed by atoms with E-state index in [0.29, 0.717) is 17.0 Å². The summed E-state index contributed by atoms with van der Waals surface area (Å²) in [6.45, 7) is 5.85. The van der Waals surface area contributed by atoms with Gasteiger partial charge >= 0.3 is 5.97 Å². The van der Waals surface area contributed by atoms with Crippen LogP contribution < -0.4 is 0 Å². The molecule has 0 aliphatic carbocycles. The molecule has 146 valence electrons. The Labute approximate surface area is 164 Å². The molecule has 0 radical (unpaired) electrons. The molecule has 0 fully saturated rings. The monoisotopic (exact) mass is 410 g/mol. The molecule has 0 spiro atoms. The van der Waals surface area contributed by atoms with Gasteiger partial charge in [-0.3, -0.25) is 4.79 Å². The summed E-state index contributed by atoms with van der Waals surface area (Å²) in [5.74, 6) is -2.20. The Balaban J connectivity index is 2.30. The minimum absolute atomic E-state index is 0.184. The number of aliphatic carboxylic acids is 1. The molecule has 2 aromatic rings. The van der Waals surface area contributed by atoms with Crippen molar-refractivity contribution >= 4 is 27.4 Å². The fourth-order valence-electron chi connectivity index (χ4n) is 3.03. The molecule has 2 rings (SSSR count). The zero-order valence-electron chi connectivity index (χ0n) is 15.5. The van der Waals surface area contributed by atoms with Crippen LogP contribution in [-0.2, 0) is 26.8 Å². The maximum Gasteiger partial charge on any atom is 0.318 e. The number of phenols is 1. The first-order valence-corrected chi connectivity index (χ1v) is 10.7. The predicted molar refractivity (Wildman–Crippen MR) is 106 cm³/mol. The van der Waals surface area contributed by atoms with Crippen molar-refractivity contribution in [2.45, 2.75) is 38.9 Å². The molecule has 2 aromatic carbocycles. The number of carboxylic acid groups (broad SMARTS) is 1. The van der Waals surface area contributed by atoms with Crippen molar-refractivity contribution in [1.82, 2.24) is 0 Å². The second kappa shape index (κ2) is 8.31. The molecule has 0 saturated carbocycles. The number of hydrogen-bond acceptors (Lipinski definition) is 4. The van der Waals surface area contributed by atoms with Crippen molar-refractivity contribution in [2.75, 3.05) is 5.75 Å². The predicted octanol–water partition coefficient (Wildman–Crippen LogP) is 4.07. The number of halogens is 1. The van der Waals surface area contributed by atoms with Crippen LogP contribution in [0.15, 0.2) is 30.3 Å². The van der Waals surface area contributed by atoms with E-state index >= 15 is 0 Å². The summed E-state index contributed by atoms with van der Waals surface area (Å²) in [5.41, 5.74) is 4.03. The minimum Gasteiger partial charge on any atom is -0.508 e. The maximum atomic E-state index is 11.9. The van der Waals surface area contributed by atoms with Crippen molar-refractivity contribution in [2.24, 2.45) is 0 Å². The second-order valence-electron chi connectivity index (χ2n) is 7.02. The van der Waals surface area contributed by atoms with Gasteiger partial charge in [0.25, 0.3) is 0 Å². The van der Waals surface area contributed by atoms with Crippen molar-refractivity contribution in [1.29, 1.82) is 0 Å². The highest BCUT2D eigenvalue weighted by atomic mass is 35.5. The Morgan fingerprint density at radius 1 is 1.15 bits per heavy atom. The zero-order chi connectivity index (χ0) is 20.4. The topological polar surface area (TPSA) is 91.7 Å². The Morgan fingerprint density at radius 2 is 1.81 bits per heavy atom. The Hall–Kier alpha value is -2.05. The normalized spacial score (nSPS) is 11.7. The third-order valence-electron chi connectivity index (χ3n) is 4.30. The van der Waals surface area contributed by atoms with Crippen LogP contribution in [0.4, 0.5) is 0 Å². The Kier molecular flexibility index (Phi) is 6.54. The molecule has 0 amide bonds. The van der Waals surface area contributed by atoms with Gasteiger partial charge in [0.05, 0.1) is 5.75 Å². The third-order valence-corrected chi connectivity index (χ3v) is 6.10. The van der Waals surface area contributed by atoms with Crippen LogP contribution in [0.3, 0.4) is 0 Å². The molecule has 0 atom stereocenters. The zero-order valence-corrected chi connectivity index (χ0v) is 17.1. The van der Waals surface area contributed by atoms with Crippen molar-refractivity contribution in [3.8, 4) is 5.75 Å². The number of hydrogen-bond donors (Lipinski definition) is 2. The SMILES string of the molecule is Cc1cc(CS(=O)(=O)CC(=O)O)cc(Cl)c1Cc1ccc(O)c(C(C)C)c1. The molecule has 0 saturated heterocycles. The standard InChI is InChI=1S/C20H23ClO5S/c1-12(2)16-7-14(4-5-19(16)22)8-17-13(3)6-15(9-18(17)21)10-27(25,26)11-20(23)24/h4-7,9,12,22H,8,10-11H2,1-3H3,(H,23,24). The number of aryl methyl sites for hydroxylation is 1. The Morgan fingerprint density at radius 3 is 2.37 bits per heavy atom. The quantitative estimate of drug-likeness (QED) is 0.717. The lowest BCUT2D eigenvalue weighted by molar-refractivity contribution is -0.134.